The molecule has 0 saturated heterocycles. The molecule has 2 nitrogen and oxygen atoms in total. The number of pyridine rings is 1. The molecule has 1 aromatic carbocycles. The SMILES string of the molecule is CCC/C=C(\Br)Nc1ccc(-c2ccccc2)cn1. The number of hydrogen-bond donors (Lipinski definition) is 1. The molecule has 0 unspecified atom stereocenters. The molecule has 0 bridgehead atoms. The van der Waals surface area contributed by atoms with E-state index in [4.69, 9.17) is 0 Å². The number of unbranched alkanes of at least 4 members (excludes halogenated alkanes) is 1. The second kappa shape index (κ2) is 7.10. The third-order valence-corrected chi connectivity index (χ3v) is 3.25. The van der Waals surface area contributed by atoms with Crippen LogP contribution in [-0.2, 0) is 0 Å². The zero-order valence-corrected chi connectivity index (χ0v) is 12.5. The Labute approximate surface area is 122 Å². The summed E-state index contributed by atoms with van der Waals surface area (Å²) >= 11 is 3.49. The van der Waals surface area contributed by atoms with Crippen LogP contribution in [0.15, 0.2) is 59.3 Å². The molecule has 1 N–H and O–H groups in total. The fourth-order valence-corrected chi connectivity index (χ4v) is 2.15. The van der Waals surface area contributed by atoms with Crippen LogP contribution in [0.4, 0.5) is 5.82 Å². The van der Waals surface area contributed by atoms with Gasteiger partial charge >= 0.3 is 0 Å². The van der Waals surface area contributed by atoms with E-state index in [0.717, 1.165) is 28.8 Å². The van der Waals surface area contributed by atoms with Gasteiger partial charge in [-0.3, -0.25) is 0 Å². The molecule has 0 amide bonds. The molecule has 0 saturated carbocycles. The van der Waals surface area contributed by atoms with Gasteiger partial charge in [-0.25, -0.2) is 4.98 Å². The lowest BCUT2D eigenvalue weighted by Gasteiger charge is -2.06. The molecule has 0 radical (unpaired) electrons. The van der Waals surface area contributed by atoms with Crippen LogP contribution in [0.5, 0.6) is 0 Å². The molecule has 1 aromatic heterocycles. The first-order valence-corrected chi connectivity index (χ1v) is 7.23. The van der Waals surface area contributed by atoms with Gasteiger partial charge in [0.05, 0.1) is 4.61 Å². The lowest BCUT2D eigenvalue weighted by Crippen LogP contribution is -1.95. The van der Waals surface area contributed by atoms with Crippen LogP contribution in [-0.4, -0.2) is 4.98 Å². The number of anilines is 1. The smallest absolute Gasteiger partial charge is 0.130 e. The maximum Gasteiger partial charge on any atom is 0.130 e. The monoisotopic (exact) mass is 316 g/mol. The van der Waals surface area contributed by atoms with E-state index in [2.05, 4.69) is 57.4 Å². The van der Waals surface area contributed by atoms with E-state index in [1.807, 2.05) is 30.5 Å². The third kappa shape index (κ3) is 4.21. The summed E-state index contributed by atoms with van der Waals surface area (Å²) in [5.41, 5.74) is 2.31. The number of nitrogens with zero attached hydrogens (tertiary/aromatic N) is 1. The van der Waals surface area contributed by atoms with E-state index in [1.165, 1.54) is 5.56 Å². The van der Waals surface area contributed by atoms with E-state index in [1.54, 1.807) is 0 Å². The topological polar surface area (TPSA) is 24.9 Å². The van der Waals surface area contributed by atoms with Gasteiger partial charge in [0.2, 0.25) is 0 Å². The summed E-state index contributed by atoms with van der Waals surface area (Å²) in [6.07, 6.45) is 6.19. The summed E-state index contributed by atoms with van der Waals surface area (Å²) in [4.78, 5) is 4.42. The minimum atomic E-state index is 0.846. The zero-order chi connectivity index (χ0) is 13.5. The Hall–Kier alpha value is -1.61. The van der Waals surface area contributed by atoms with Crippen molar-refractivity contribution in [1.82, 2.24) is 4.98 Å². The average Bonchev–Trinajstić information content (AvgIpc) is 2.47. The molecular formula is C16H17BrN2. The highest BCUT2D eigenvalue weighted by molar-refractivity contribution is 9.11. The van der Waals surface area contributed by atoms with E-state index in [0.29, 0.717) is 0 Å². The van der Waals surface area contributed by atoms with Crippen LogP contribution >= 0.6 is 15.9 Å². The molecule has 98 valence electrons. The van der Waals surface area contributed by atoms with E-state index >= 15 is 0 Å². The van der Waals surface area contributed by atoms with Crippen molar-refractivity contribution in [3.8, 4) is 11.1 Å². The van der Waals surface area contributed by atoms with Crippen LogP contribution in [0.1, 0.15) is 19.8 Å². The van der Waals surface area contributed by atoms with Crippen molar-refractivity contribution in [1.29, 1.82) is 0 Å². The van der Waals surface area contributed by atoms with Gasteiger partial charge in [-0.15, -0.1) is 0 Å². The summed E-state index contributed by atoms with van der Waals surface area (Å²) in [7, 11) is 0. The number of allylic oxidation sites excluding steroid dienone is 1. The third-order valence-electron chi connectivity index (χ3n) is 2.73. The Kier molecular flexibility index (Phi) is 5.16. The van der Waals surface area contributed by atoms with Crippen molar-refractivity contribution < 1.29 is 0 Å². The highest BCUT2D eigenvalue weighted by atomic mass is 79.9. The Bertz CT molecular complexity index is 532. The second-order valence-electron chi connectivity index (χ2n) is 4.26. The van der Waals surface area contributed by atoms with Gasteiger partial charge in [0, 0.05) is 11.8 Å². The molecule has 0 fully saturated rings. The molecule has 1 heterocycles. The van der Waals surface area contributed by atoms with Gasteiger partial charge < -0.3 is 5.32 Å². The molecule has 3 heteroatoms. The normalized spacial score (nSPS) is 11.4. The number of halogens is 1. The largest absolute Gasteiger partial charge is 0.335 e. The summed E-state index contributed by atoms with van der Waals surface area (Å²) in [5, 5.41) is 3.22. The first-order valence-electron chi connectivity index (χ1n) is 6.43. The molecule has 2 aromatic rings. The highest BCUT2D eigenvalue weighted by Gasteiger charge is 1.99. The summed E-state index contributed by atoms with van der Waals surface area (Å²) in [6, 6.07) is 14.3. The van der Waals surface area contributed by atoms with Crippen LogP contribution in [0, 0.1) is 0 Å². The van der Waals surface area contributed by atoms with Crippen LogP contribution in [0.3, 0.4) is 0 Å². The summed E-state index contributed by atoms with van der Waals surface area (Å²) < 4.78 is 0.967. The van der Waals surface area contributed by atoms with Crippen molar-refractivity contribution in [3.63, 3.8) is 0 Å². The molecule has 2 rings (SSSR count). The van der Waals surface area contributed by atoms with E-state index < -0.39 is 0 Å². The van der Waals surface area contributed by atoms with Crippen molar-refractivity contribution in [3.05, 3.63) is 59.3 Å². The lowest BCUT2D eigenvalue weighted by molar-refractivity contribution is 0.956. The van der Waals surface area contributed by atoms with Gasteiger partial charge in [-0.05, 0) is 40.0 Å². The van der Waals surface area contributed by atoms with Crippen molar-refractivity contribution in [2.75, 3.05) is 5.32 Å². The molecule has 0 aliphatic rings. The summed E-state index contributed by atoms with van der Waals surface area (Å²) in [5.74, 6) is 0.846. The van der Waals surface area contributed by atoms with Gasteiger partial charge in [0.1, 0.15) is 5.82 Å². The average molecular weight is 317 g/mol. The Morgan fingerprint density at radius 3 is 2.58 bits per heavy atom. The molecule has 19 heavy (non-hydrogen) atoms. The van der Waals surface area contributed by atoms with Gasteiger partial charge in [-0.2, -0.15) is 0 Å². The Balaban J connectivity index is 2.07. The molecule has 0 aliphatic heterocycles. The van der Waals surface area contributed by atoms with Crippen molar-refractivity contribution >= 4 is 21.7 Å². The molecule has 0 atom stereocenters. The predicted octanol–water partition coefficient (Wildman–Crippen LogP) is 5.20. The molecular weight excluding hydrogens is 300 g/mol. The van der Waals surface area contributed by atoms with Gasteiger partial charge in [-0.1, -0.05) is 49.8 Å². The van der Waals surface area contributed by atoms with Crippen molar-refractivity contribution in [2.45, 2.75) is 19.8 Å². The van der Waals surface area contributed by atoms with Crippen molar-refractivity contribution in [2.24, 2.45) is 0 Å². The Morgan fingerprint density at radius 1 is 1.16 bits per heavy atom. The number of rotatable bonds is 5. The minimum Gasteiger partial charge on any atom is -0.335 e. The van der Waals surface area contributed by atoms with E-state index in [9.17, 15) is 0 Å². The second-order valence-corrected chi connectivity index (χ2v) is 5.12. The first-order chi connectivity index (χ1) is 9.29. The standard InChI is InChI=1S/C16H17BrN2/c1-2-3-9-15(17)19-16-11-10-14(12-18-16)13-7-5-4-6-8-13/h4-12H,2-3H2,1H3,(H,18,19)/b15-9+. The van der Waals surface area contributed by atoms with E-state index in [-0.39, 0.29) is 0 Å². The maximum atomic E-state index is 4.42. The molecule has 0 spiro atoms. The summed E-state index contributed by atoms with van der Waals surface area (Å²) in [6.45, 7) is 2.16. The minimum absolute atomic E-state index is 0.846. The number of aromatic nitrogens is 1. The predicted molar refractivity (Wildman–Crippen MR) is 85.2 cm³/mol. The first kappa shape index (κ1) is 13.8. The van der Waals surface area contributed by atoms with Gasteiger partial charge in [0.15, 0.2) is 0 Å². The fraction of sp³-hybridized carbons (Fsp3) is 0.188. The highest BCUT2D eigenvalue weighted by Crippen LogP contribution is 2.20. The zero-order valence-electron chi connectivity index (χ0n) is 10.9. The Morgan fingerprint density at radius 2 is 1.95 bits per heavy atom. The van der Waals surface area contributed by atoms with Crippen LogP contribution in [0.25, 0.3) is 11.1 Å². The quantitative estimate of drug-likeness (QED) is 0.767. The molecule has 0 aliphatic carbocycles. The lowest BCUT2D eigenvalue weighted by atomic mass is 10.1. The van der Waals surface area contributed by atoms with Crippen LogP contribution < -0.4 is 5.32 Å². The number of nitrogens with one attached hydrogen (secondary N) is 1. The fourth-order valence-electron chi connectivity index (χ4n) is 1.71. The number of benzene rings is 1. The van der Waals surface area contributed by atoms with Gasteiger partial charge in [0.25, 0.3) is 0 Å². The number of hydrogen-bond acceptors (Lipinski definition) is 2. The maximum absolute atomic E-state index is 4.42. The van der Waals surface area contributed by atoms with Crippen LogP contribution in [0.2, 0.25) is 0 Å².